The lowest BCUT2D eigenvalue weighted by atomic mass is 9.99. The van der Waals surface area contributed by atoms with Crippen LogP contribution in [0.5, 0.6) is 0 Å². The van der Waals surface area contributed by atoms with E-state index in [1.54, 1.807) is 7.11 Å². The molecule has 4 aliphatic heterocycles. The lowest BCUT2D eigenvalue weighted by molar-refractivity contribution is -0.351. The first-order chi connectivity index (χ1) is 19.1. The SMILES string of the molecule is COC[C@@H]1CO[C@@H](O[C@@H]2CO[C@@H](O[C@@H]3CO[C@@H](O[C@@H]4CO[C@@H](COC)C(O)[C@@H]4O)C(O)[C@H]3O)C(O)[C@@H]2O)C(O)C1.O. The van der Waals surface area contributed by atoms with Crippen LogP contribution in [0.25, 0.3) is 0 Å². The highest BCUT2D eigenvalue weighted by atomic mass is 16.7. The highest BCUT2D eigenvalue weighted by molar-refractivity contribution is 4.92. The molecule has 0 aromatic rings. The van der Waals surface area contributed by atoms with Crippen LogP contribution in [0.1, 0.15) is 6.42 Å². The maximum atomic E-state index is 10.6. The van der Waals surface area contributed by atoms with Gasteiger partial charge in [0.15, 0.2) is 18.9 Å². The van der Waals surface area contributed by atoms with Crippen LogP contribution in [0.4, 0.5) is 0 Å². The fraction of sp³-hybridized carbons (Fsp3) is 1.00. The van der Waals surface area contributed by atoms with E-state index in [4.69, 9.17) is 42.6 Å². The van der Waals surface area contributed by atoms with Crippen molar-refractivity contribution >= 4 is 0 Å². The molecule has 0 saturated carbocycles. The summed E-state index contributed by atoms with van der Waals surface area (Å²) in [6.07, 6.45) is -17.3. The van der Waals surface area contributed by atoms with Gasteiger partial charge in [0.05, 0.1) is 39.6 Å². The lowest BCUT2D eigenvalue weighted by Gasteiger charge is -2.44. The van der Waals surface area contributed by atoms with Crippen LogP contribution >= 0.6 is 0 Å². The number of rotatable bonds is 10. The Morgan fingerprint density at radius 1 is 0.537 bits per heavy atom. The number of hydrogen-bond acceptors (Lipinski definition) is 16. The van der Waals surface area contributed by atoms with E-state index in [2.05, 4.69) is 0 Å². The average molecular weight is 605 g/mol. The third kappa shape index (κ3) is 8.28. The maximum Gasteiger partial charge on any atom is 0.186 e. The van der Waals surface area contributed by atoms with Gasteiger partial charge in [0, 0.05) is 20.1 Å². The Morgan fingerprint density at radius 3 is 1.46 bits per heavy atom. The number of hydrogen-bond donors (Lipinski definition) is 7. The van der Waals surface area contributed by atoms with Crippen LogP contribution in [0.15, 0.2) is 0 Å². The van der Waals surface area contributed by atoms with E-state index in [-0.39, 0.29) is 37.8 Å². The third-order valence-electron chi connectivity index (χ3n) is 7.50. The molecule has 4 rings (SSSR count). The van der Waals surface area contributed by atoms with Gasteiger partial charge in [-0.2, -0.15) is 0 Å². The molecular formula is C24H44O17. The number of aliphatic hydroxyl groups is 7. The Labute approximate surface area is 236 Å². The van der Waals surface area contributed by atoms with Gasteiger partial charge in [-0.25, -0.2) is 0 Å². The molecule has 0 bridgehead atoms. The van der Waals surface area contributed by atoms with Crippen molar-refractivity contribution in [3.05, 3.63) is 0 Å². The van der Waals surface area contributed by atoms with Crippen molar-refractivity contribution < 1.29 is 83.9 Å². The van der Waals surface area contributed by atoms with Gasteiger partial charge in [0.1, 0.15) is 67.1 Å². The minimum Gasteiger partial charge on any atom is -0.412 e. The summed E-state index contributed by atoms with van der Waals surface area (Å²) < 4.78 is 48.9. The highest BCUT2D eigenvalue weighted by Crippen LogP contribution is 2.29. The average Bonchev–Trinajstić information content (AvgIpc) is 2.93. The number of ether oxygens (including phenoxy) is 9. The molecule has 4 saturated heterocycles. The van der Waals surface area contributed by atoms with Crippen molar-refractivity contribution in [1.29, 1.82) is 0 Å². The molecular weight excluding hydrogens is 560 g/mol. The Bertz CT molecular complexity index is 764. The Balaban J connectivity index is 0.00000462. The van der Waals surface area contributed by atoms with E-state index < -0.39 is 86.0 Å². The van der Waals surface area contributed by atoms with Gasteiger partial charge in [-0.05, 0) is 6.42 Å². The minimum atomic E-state index is -1.63. The van der Waals surface area contributed by atoms with Crippen LogP contribution in [-0.4, -0.2) is 181 Å². The van der Waals surface area contributed by atoms with Gasteiger partial charge >= 0.3 is 0 Å². The summed E-state index contributed by atoms with van der Waals surface area (Å²) in [6, 6.07) is 0. The van der Waals surface area contributed by atoms with Gasteiger partial charge in [0.2, 0.25) is 0 Å². The Hall–Kier alpha value is -0.680. The van der Waals surface area contributed by atoms with Crippen LogP contribution in [-0.2, 0) is 42.6 Å². The van der Waals surface area contributed by atoms with Crippen molar-refractivity contribution in [3.8, 4) is 0 Å². The summed E-state index contributed by atoms with van der Waals surface area (Å²) in [5.74, 6) is 0.00107. The summed E-state index contributed by atoms with van der Waals surface area (Å²) in [5.41, 5.74) is 0. The van der Waals surface area contributed by atoms with Crippen LogP contribution in [0.3, 0.4) is 0 Å². The zero-order chi connectivity index (χ0) is 29.0. The monoisotopic (exact) mass is 604 g/mol. The van der Waals surface area contributed by atoms with E-state index in [1.807, 2.05) is 0 Å². The first-order valence-corrected chi connectivity index (χ1v) is 13.3. The molecule has 17 nitrogen and oxygen atoms in total. The Morgan fingerprint density at radius 2 is 0.976 bits per heavy atom. The topological polar surface area (TPSA) is 256 Å². The van der Waals surface area contributed by atoms with Crippen LogP contribution < -0.4 is 0 Å². The van der Waals surface area contributed by atoms with Gasteiger partial charge in [-0.15, -0.1) is 0 Å². The third-order valence-corrected chi connectivity index (χ3v) is 7.50. The van der Waals surface area contributed by atoms with E-state index in [1.165, 1.54) is 7.11 Å². The second-order valence-electron chi connectivity index (χ2n) is 10.5. The molecule has 0 aromatic heterocycles. The second kappa shape index (κ2) is 15.9. The second-order valence-corrected chi connectivity index (χ2v) is 10.5. The summed E-state index contributed by atoms with van der Waals surface area (Å²) >= 11 is 0. The van der Waals surface area contributed by atoms with Gasteiger partial charge < -0.3 is 83.9 Å². The molecule has 4 heterocycles. The van der Waals surface area contributed by atoms with Crippen molar-refractivity contribution in [2.24, 2.45) is 5.92 Å². The summed E-state index contributed by atoms with van der Waals surface area (Å²) in [6.45, 7) is 0.143. The minimum absolute atomic E-state index is 0. The van der Waals surface area contributed by atoms with E-state index in [9.17, 15) is 35.7 Å². The molecule has 0 aromatic carbocycles. The fourth-order valence-corrected chi connectivity index (χ4v) is 5.16. The first kappa shape index (κ1) is 34.8. The van der Waals surface area contributed by atoms with Gasteiger partial charge in [-0.3, -0.25) is 0 Å². The molecule has 41 heavy (non-hydrogen) atoms. The van der Waals surface area contributed by atoms with E-state index >= 15 is 0 Å². The fourth-order valence-electron chi connectivity index (χ4n) is 5.16. The molecule has 0 aliphatic carbocycles. The molecule has 15 atom stereocenters. The predicted octanol–water partition coefficient (Wildman–Crippen LogP) is -5.39. The molecule has 4 aliphatic rings. The molecule has 242 valence electrons. The first-order valence-electron chi connectivity index (χ1n) is 13.3. The molecule has 9 N–H and O–H groups in total. The molecule has 0 spiro atoms. The lowest BCUT2D eigenvalue weighted by Crippen LogP contribution is -2.62. The summed E-state index contributed by atoms with van der Waals surface area (Å²) in [5, 5.41) is 73.3. The largest absolute Gasteiger partial charge is 0.412 e. The zero-order valence-electron chi connectivity index (χ0n) is 22.9. The van der Waals surface area contributed by atoms with Crippen molar-refractivity contribution in [2.45, 2.75) is 92.4 Å². The standard InChI is InChI=1S/C24H42O16.H2O/c1-32-4-10-3-11(25)22(35-5-10)38-14-8-36-24(20(30)18(14)28)40-15-9-37-23(21(31)19(15)29)39-13-7-34-12(6-33-2)16(26)17(13)27;/h10-31H,3-9H2,1-2H3;1H2/t10-,11?,12+,13-,14-,15-,16?,17-,18-,19+,20?,21?,22+,23+,24+;/m1./s1. The normalized spacial score (nSPS) is 47.5. The number of aliphatic hydroxyl groups excluding tert-OH is 7. The molecule has 0 radical (unpaired) electrons. The summed E-state index contributed by atoms with van der Waals surface area (Å²) in [4.78, 5) is 0. The molecule has 4 unspecified atom stereocenters. The van der Waals surface area contributed by atoms with Gasteiger partial charge in [-0.1, -0.05) is 0 Å². The van der Waals surface area contributed by atoms with Crippen molar-refractivity contribution in [2.75, 3.05) is 53.9 Å². The number of methoxy groups -OCH3 is 2. The van der Waals surface area contributed by atoms with Crippen LogP contribution in [0.2, 0.25) is 0 Å². The van der Waals surface area contributed by atoms with E-state index in [0.717, 1.165) is 0 Å². The van der Waals surface area contributed by atoms with E-state index in [0.29, 0.717) is 19.6 Å². The van der Waals surface area contributed by atoms with Crippen molar-refractivity contribution in [1.82, 2.24) is 0 Å². The maximum absolute atomic E-state index is 10.6. The zero-order valence-corrected chi connectivity index (χ0v) is 22.9. The Kier molecular flexibility index (Phi) is 13.5. The smallest absolute Gasteiger partial charge is 0.186 e. The quantitative estimate of drug-likeness (QED) is 0.123. The van der Waals surface area contributed by atoms with Crippen molar-refractivity contribution in [3.63, 3.8) is 0 Å². The van der Waals surface area contributed by atoms with Crippen LogP contribution in [0, 0.1) is 5.92 Å². The molecule has 17 heteroatoms. The highest BCUT2D eigenvalue weighted by Gasteiger charge is 2.48. The molecule has 4 fully saturated rings. The molecule has 0 amide bonds. The predicted molar refractivity (Wildman–Crippen MR) is 131 cm³/mol. The van der Waals surface area contributed by atoms with Gasteiger partial charge in [0.25, 0.3) is 0 Å². The summed E-state index contributed by atoms with van der Waals surface area (Å²) in [7, 11) is 2.98.